The number of aliphatic carboxylic acids is 1. The second-order valence-electron chi connectivity index (χ2n) is 6.16. The van der Waals surface area contributed by atoms with E-state index in [2.05, 4.69) is 27.8 Å². The van der Waals surface area contributed by atoms with Crippen molar-refractivity contribution < 1.29 is 19.4 Å². The molecule has 0 radical (unpaired) electrons. The Balaban J connectivity index is 2.32. The standard InChI is InChI=1S/C22H19BrN2O4/c1-3-4-16-9-15(11-19(23)21(16)29-13-20(26)27)10-17(12-24)22(28)25-18-7-5-14(2)6-8-18/h3,5-11H,1,4,13H2,2H3,(H,25,28)(H,26,27)/b17-10-. The summed E-state index contributed by atoms with van der Waals surface area (Å²) >= 11 is 3.36. The summed E-state index contributed by atoms with van der Waals surface area (Å²) in [6.07, 6.45) is 3.53. The zero-order chi connectivity index (χ0) is 21.4. The lowest BCUT2D eigenvalue weighted by Gasteiger charge is -2.13. The average molecular weight is 455 g/mol. The van der Waals surface area contributed by atoms with E-state index >= 15 is 0 Å². The molecule has 2 N–H and O–H groups in total. The van der Waals surface area contributed by atoms with Crippen molar-refractivity contribution in [3.05, 3.63) is 75.8 Å². The fourth-order valence-electron chi connectivity index (χ4n) is 2.51. The molecule has 7 heteroatoms. The molecule has 0 saturated carbocycles. The second kappa shape index (κ2) is 10.2. The Bertz CT molecular complexity index is 1000. The van der Waals surface area contributed by atoms with Crippen LogP contribution in [-0.2, 0) is 16.0 Å². The van der Waals surface area contributed by atoms with Crippen LogP contribution >= 0.6 is 15.9 Å². The van der Waals surface area contributed by atoms with Crippen LogP contribution in [0.2, 0.25) is 0 Å². The van der Waals surface area contributed by atoms with Gasteiger partial charge in [0.2, 0.25) is 0 Å². The zero-order valence-electron chi connectivity index (χ0n) is 15.7. The van der Waals surface area contributed by atoms with Crippen LogP contribution < -0.4 is 10.1 Å². The third-order valence-electron chi connectivity index (χ3n) is 3.83. The number of benzene rings is 2. The summed E-state index contributed by atoms with van der Waals surface area (Å²) in [7, 11) is 0. The second-order valence-corrected chi connectivity index (χ2v) is 7.01. The molecule has 1 amide bonds. The Hall–Kier alpha value is -3.37. The Morgan fingerprint density at radius 2 is 2.00 bits per heavy atom. The molecule has 0 heterocycles. The number of carboxylic acid groups (broad SMARTS) is 1. The predicted octanol–water partition coefficient (Wildman–Crippen LogP) is 4.50. The lowest BCUT2D eigenvalue weighted by atomic mass is 10.0. The normalized spacial score (nSPS) is 10.7. The monoisotopic (exact) mass is 454 g/mol. The Kier molecular flexibility index (Phi) is 7.75. The number of halogens is 1. The summed E-state index contributed by atoms with van der Waals surface area (Å²) < 4.78 is 5.86. The number of rotatable bonds is 8. The topological polar surface area (TPSA) is 99.4 Å². The largest absolute Gasteiger partial charge is 0.480 e. The highest BCUT2D eigenvalue weighted by atomic mass is 79.9. The minimum absolute atomic E-state index is 0.0683. The third-order valence-corrected chi connectivity index (χ3v) is 4.42. The highest BCUT2D eigenvalue weighted by Crippen LogP contribution is 2.32. The number of hydrogen-bond donors (Lipinski definition) is 2. The first-order chi connectivity index (χ1) is 13.8. The van der Waals surface area contributed by atoms with E-state index in [0.717, 1.165) is 5.56 Å². The van der Waals surface area contributed by atoms with Crippen LogP contribution in [0, 0.1) is 18.3 Å². The molecule has 0 atom stereocenters. The van der Waals surface area contributed by atoms with Gasteiger partial charge in [-0.05, 0) is 70.7 Å². The number of hydrogen-bond acceptors (Lipinski definition) is 4. The number of nitriles is 1. The highest BCUT2D eigenvalue weighted by molar-refractivity contribution is 9.10. The van der Waals surface area contributed by atoms with Gasteiger partial charge in [-0.2, -0.15) is 5.26 Å². The minimum Gasteiger partial charge on any atom is -0.480 e. The van der Waals surface area contributed by atoms with Crippen molar-refractivity contribution in [3.63, 3.8) is 0 Å². The number of anilines is 1. The molecular formula is C22H19BrN2O4. The van der Waals surface area contributed by atoms with Gasteiger partial charge in [0.25, 0.3) is 5.91 Å². The summed E-state index contributed by atoms with van der Waals surface area (Å²) in [5.74, 6) is -1.24. The van der Waals surface area contributed by atoms with Gasteiger partial charge in [-0.1, -0.05) is 23.8 Å². The van der Waals surface area contributed by atoms with Crippen molar-refractivity contribution in [1.82, 2.24) is 0 Å². The number of allylic oxidation sites excluding steroid dienone is 1. The van der Waals surface area contributed by atoms with Crippen LogP contribution in [0.3, 0.4) is 0 Å². The van der Waals surface area contributed by atoms with E-state index in [1.54, 1.807) is 30.3 Å². The van der Waals surface area contributed by atoms with Crippen molar-refractivity contribution >= 4 is 39.6 Å². The fraction of sp³-hybridized carbons (Fsp3) is 0.136. The minimum atomic E-state index is -1.09. The van der Waals surface area contributed by atoms with Gasteiger partial charge in [0.05, 0.1) is 4.47 Å². The van der Waals surface area contributed by atoms with Gasteiger partial charge < -0.3 is 15.2 Å². The first-order valence-electron chi connectivity index (χ1n) is 8.61. The van der Waals surface area contributed by atoms with Crippen LogP contribution in [0.5, 0.6) is 5.75 Å². The lowest BCUT2D eigenvalue weighted by molar-refractivity contribution is -0.139. The number of carbonyl (C=O) groups excluding carboxylic acids is 1. The summed E-state index contributed by atoms with van der Waals surface area (Å²) in [5.41, 5.74) is 2.85. The number of aryl methyl sites for hydroxylation is 1. The molecule has 2 rings (SSSR count). The average Bonchev–Trinajstić information content (AvgIpc) is 2.67. The van der Waals surface area contributed by atoms with Crippen LogP contribution in [0.15, 0.2) is 59.1 Å². The van der Waals surface area contributed by atoms with E-state index in [0.29, 0.717) is 33.5 Å². The van der Waals surface area contributed by atoms with Crippen molar-refractivity contribution in [2.45, 2.75) is 13.3 Å². The van der Waals surface area contributed by atoms with Crippen molar-refractivity contribution in [2.75, 3.05) is 11.9 Å². The number of ether oxygens (including phenoxy) is 1. The summed E-state index contributed by atoms with van der Waals surface area (Å²) in [6.45, 7) is 5.14. The van der Waals surface area contributed by atoms with Gasteiger partial charge in [-0.25, -0.2) is 4.79 Å². The first kappa shape index (κ1) is 21.9. The Morgan fingerprint density at radius 3 is 2.59 bits per heavy atom. The molecule has 0 spiro atoms. The molecule has 6 nitrogen and oxygen atoms in total. The summed E-state index contributed by atoms with van der Waals surface area (Å²) in [5, 5.41) is 21.0. The molecule has 0 aliphatic heterocycles. The zero-order valence-corrected chi connectivity index (χ0v) is 17.3. The molecule has 0 saturated heterocycles. The molecule has 0 bridgehead atoms. The Labute approximate surface area is 177 Å². The number of carbonyl (C=O) groups is 2. The quantitative estimate of drug-likeness (QED) is 0.347. The fourth-order valence-corrected chi connectivity index (χ4v) is 3.14. The maximum atomic E-state index is 12.5. The number of amides is 1. The molecule has 29 heavy (non-hydrogen) atoms. The predicted molar refractivity (Wildman–Crippen MR) is 115 cm³/mol. The lowest BCUT2D eigenvalue weighted by Crippen LogP contribution is -2.13. The van der Waals surface area contributed by atoms with E-state index in [1.165, 1.54) is 6.08 Å². The van der Waals surface area contributed by atoms with Crippen LogP contribution in [0.25, 0.3) is 6.08 Å². The summed E-state index contributed by atoms with van der Waals surface area (Å²) in [4.78, 5) is 23.3. The highest BCUT2D eigenvalue weighted by Gasteiger charge is 2.14. The van der Waals surface area contributed by atoms with Gasteiger partial charge in [0.1, 0.15) is 17.4 Å². The van der Waals surface area contributed by atoms with Gasteiger partial charge in [-0.3, -0.25) is 4.79 Å². The molecule has 0 unspecified atom stereocenters. The van der Waals surface area contributed by atoms with E-state index in [-0.39, 0.29) is 5.57 Å². The molecule has 0 aliphatic carbocycles. The van der Waals surface area contributed by atoms with Crippen LogP contribution in [0.4, 0.5) is 5.69 Å². The smallest absolute Gasteiger partial charge is 0.341 e. The van der Waals surface area contributed by atoms with Crippen LogP contribution in [0.1, 0.15) is 16.7 Å². The number of nitrogens with zero attached hydrogens (tertiary/aromatic N) is 1. The maximum Gasteiger partial charge on any atom is 0.341 e. The SMILES string of the molecule is C=CCc1cc(/C=C(/C#N)C(=O)Nc2ccc(C)cc2)cc(Br)c1OCC(=O)O. The van der Waals surface area contributed by atoms with Gasteiger partial charge >= 0.3 is 5.97 Å². The molecular weight excluding hydrogens is 436 g/mol. The number of carboxylic acids is 1. The van der Waals surface area contributed by atoms with E-state index < -0.39 is 18.5 Å². The molecule has 0 aliphatic rings. The van der Waals surface area contributed by atoms with Crippen molar-refractivity contribution in [3.8, 4) is 11.8 Å². The molecule has 2 aromatic carbocycles. The molecule has 0 aromatic heterocycles. The molecule has 0 fully saturated rings. The van der Waals surface area contributed by atoms with Crippen LogP contribution in [-0.4, -0.2) is 23.6 Å². The van der Waals surface area contributed by atoms with Crippen molar-refractivity contribution in [1.29, 1.82) is 5.26 Å². The van der Waals surface area contributed by atoms with E-state index in [9.17, 15) is 14.9 Å². The number of nitrogens with one attached hydrogen (secondary N) is 1. The van der Waals surface area contributed by atoms with Crippen molar-refractivity contribution in [2.24, 2.45) is 0 Å². The van der Waals surface area contributed by atoms with E-state index in [4.69, 9.17) is 9.84 Å². The Morgan fingerprint density at radius 1 is 1.31 bits per heavy atom. The molecule has 2 aromatic rings. The van der Waals surface area contributed by atoms with Gasteiger partial charge in [0.15, 0.2) is 6.61 Å². The maximum absolute atomic E-state index is 12.5. The van der Waals surface area contributed by atoms with Gasteiger partial charge in [0, 0.05) is 5.69 Å². The first-order valence-corrected chi connectivity index (χ1v) is 9.41. The van der Waals surface area contributed by atoms with E-state index in [1.807, 2.05) is 25.1 Å². The van der Waals surface area contributed by atoms with Gasteiger partial charge in [-0.15, -0.1) is 6.58 Å². The summed E-state index contributed by atoms with van der Waals surface area (Å²) in [6, 6.07) is 12.5. The molecule has 148 valence electrons. The third kappa shape index (κ3) is 6.33.